The molecule has 0 aliphatic carbocycles. The number of hydrogen-bond acceptors (Lipinski definition) is 5. The largest absolute Gasteiger partial charge is 0.465 e. The van der Waals surface area contributed by atoms with Gasteiger partial charge in [0.15, 0.2) is 0 Å². The highest BCUT2D eigenvalue weighted by Gasteiger charge is 2.41. The van der Waals surface area contributed by atoms with E-state index in [-0.39, 0.29) is 16.9 Å². The van der Waals surface area contributed by atoms with Crippen molar-refractivity contribution in [2.24, 2.45) is 5.92 Å². The number of hydrogen-bond donors (Lipinski definition) is 1. The molecular formula is C20H22N2O4S. The number of carbonyl (C=O) groups excluding carboxylic acids is 1. The van der Waals surface area contributed by atoms with Crippen LogP contribution in [0.2, 0.25) is 0 Å². The van der Waals surface area contributed by atoms with Crippen LogP contribution in [-0.4, -0.2) is 34.6 Å². The SMILES string of the molecule is COC(=O)c1ccc2c(c1)[C@H]1NCC[C@H]1CN2S(=O)(=O)c1ccc(C)cc1. The number of methoxy groups -OCH3 is 1. The fourth-order valence-corrected chi connectivity index (χ4v) is 5.52. The molecule has 1 N–H and O–H groups in total. The van der Waals surface area contributed by atoms with E-state index in [0.29, 0.717) is 17.8 Å². The Balaban J connectivity index is 1.83. The van der Waals surface area contributed by atoms with E-state index in [1.165, 1.54) is 11.4 Å². The van der Waals surface area contributed by atoms with Gasteiger partial charge in [0.05, 0.1) is 23.3 Å². The summed E-state index contributed by atoms with van der Waals surface area (Å²) in [5.41, 5.74) is 2.90. The minimum atomic E-state index is -3.68. The monoisotopic (exact) mass is 386 g/mol. The Bertz CT molecular complexity index is 986. The minimum absolute atomic E-state index is 0.0501. The van der Waals surface area contributed by atoms with Crippen molar-refractivity contribution in [1.29, 1.82) is 0 Å². The number of nitrogens with zero attached hydrogens (tertiary/aromatic N) is 1. The van der Waals surface area contributed by atoms with Gasteiger partial charge in [-0.15, -0.1) is 0 Å². The van der Waals surface area contributed by atoms with E-state index in [9.17, 15) is 13.2 Å². The third-order valence-electron chi connectivity index (χ3n) is 5.41. The molecule has 0 unspecified atom stereocenters. The van der Waals surface area contributed by atoms with Gasteiger partial charge in [0, 0.05) is 12.6 Å². The third kappa shape index (κ3) is 3.00. The van der Waals surface area contributed by atoms with Crippen LogP contribution in [0.5, 0.6) is 0 Å². The van der Waals surface area contributed by atoms with Crippen molar-refractivity contribution in [2.45, 2.75) is 24.3 Å². The van der Waals surface area contributed by atoms with Gasteiger partial charge in [0.25, 0.3) is 10.0 Å². The van der Waals surface area contributed by atoms with Gasteiger partial charge in [0.2, 0.25) is 0 Å². The van der Waals surface area contributed by atoms with Gasteiger partial charge in [-0.05, 0) is 61.7 Å². The van der Waals surface area contributed by atoms with Crippen LogP contribution in [0.3, 0.4) is 0 Å². The Hall–Kier alpha value is -2.38. The number of benzene rings is 2. The molecule has 0 saturated carbocycles. The summed E-state index contributed by atoms with van der Waals surface area (Å²) in [5.74, 6) is -0.253. The Morgan fingerprint density at radius 2 is 1.93 bits per heavy atom. The van der Waals surface area contributed by atoms with Crippen LogP contribution in [-0.2, 0) is 14.8 Å². The lowest BCUT2D eigenvalue weighted by atomic mass is 9.88. The number of rotatable bonds is 3. The first-order chi connectivity index (χ1) is 12.9. The Morgan fingerprint density at radius 1 is 1.19 bits per heavy atom. The van der Waals surface area contributed by atoms with Gasteiger partial charge in [-0.25, -0.2) is 13.2 Å². The van der Waals surface area contributed by atoms with Crippen LogP contribution in [0.15, 0.2) is 47.4 Å². The van der Waals surface area contributed by atoms with Gasteiger partial charge >= 0.3 is 5.97 Å². The lowest BCUT2D eigenvalue weighted by Crippen LogP contribution is -2.42. The number of aryl methyl sites for hydroxylation is 1. The van der Waals surface area contributed by atoms with Crippen molar-refractivity contribution in [3.8, 4) is 0 Å². The van der Waals surface area contributed by atoms with E-state index in [4.69, 9.17) is 4.74 Å². The van der Waals surface area contributed by atoms with E-state index in [2.05, 4.69) is 5.32 Å². The van der Waals surface area contributed by atoms with Crippen molar-refractivity contribution in [3.63, 3.8) is 0 Å². The fraction of sp³-hybridized carbons (Fsp3) is 0.350. The summed E-state index contributed by atoms with van der Waals surface area (Å²) in [6.07, 6.45) is 0.895. The molecule has 4 rings (SSSR count). The molecule has 2 aromatic rings. The van der Waals surface area contributed by atoms with Crippen LogP contribution in [0.1, 0.15) is 33.9 Å². The molecule has 2 heterocycles. The molecule has 2 aliphatic rings. The summed E-state index contributed by atoms with van der Waals surface area (Å²) in [6, 6.07) is 12.0. The molecule has 0 aromatic heterocycles. The molecule has 142 valence electrons. The lowest BCUT2D eigenvalue weighted by Gasteiger charge is -2.37. The van der Waals surface area contributed by atoms with Crippen molar-refractivity contribution >= 4 is 21.7 Å². The lowest BCUT2D eigenvalue weighted by molar-refractivity contribution is 0.0600. The highest BCUT2D eigenvalue weighted by atomic mass is 32.2. The number of fused-ring (bicyclic) bond motifs is 3. The Labute approximate surface area is 159 Å². The van der Waals surface area contributed by atoms with Crippen LogP contribution < -0.4 is 9.62 Å². The highest BCUT2D eigenvalue weighted by Crippen LogP contribution is 2.43. The Kier molecular flexibility index (Phi) is 4.44. The average Bonchev–Trinajstić information content (AvgIpc) is 3.15. The molecule has 1 fully saturated rings. The highest BCUT2D eigenvalue weighted by molar-refractivity contribution is 7.92. The molecule has 27 heavy (non-hydrogen) atoms. The fourth-order valence-electron chi connectivity index (χ4n) is 3.97. The van der Waals surface area contributed by atoms with Gasteiger partial charge in [-0.3, -0.25) is 4.31 Å². The summed E-state index contributed by atoms with van der Waals surface area (Å²) >= 11 is 0. The molecule has 2 aliphatic heterocycles. The van der Waals surface area contributed by atoms with E-state index in [1.807, 2.05) is 6.92 Å². The standard InChI is InChI=1S/C20H22N2O4S/c1-13-3-6-16(7-4-13)27(24,25)22-12-15-9-10-21-19(15)17-11-14(20(23)26-2)5-8-18(17)22/h3-8,11,15,19,21H,9-10,12H2,1-2H3/t15-,19-/m0/s1. The second-order valence-corrected chi connectivity index (χ2v) is 8.96. The van der Waals surface area contributed by atoms with E-state index >= 15 is 0 Å². The number of esters is 1. The first-order valence-corrected chi connectivity index (χ1v) is 10.4. The predicted molar refractivity (Wildman–Crippen MR) is 102 cm³/mol. The quantitative estimate of drug-likeness (QED) is 0.821. The van der Waals surface area contributed by atoms with Crippen molar-refractivity contribution in [1.82, 2.24) is 5.32 Å². The van der Waals surface area contributed by atoms with Crippen molar-refractivity contribution in [2.75, 3.05) is 24.5 Å². The van der Waals surface area contributed by atoms with Crippen LogP contribution >= 0.6 is 0 Å². The topological polar surface area (TPSA) is 75.7 Å². The first kappa shape index (κ1) is 18.0. The van der Waals surface area contributed by atoms with E-state index < -0.39 is 16.0 Å². The Morgan fingerprint density at radius 3 is 2.63 bits per heavy atom. The average molecular weight is 386 g/mol. The zero-order valence-electron chi connectivity index (χ0n) is 15.3. The molecule has 6 nitrogen and oxygen atoms in total. The van der Waals surface area contributed by atoms with E-state index in [1.54, 1.807) is 42.5 Å². The van der Waals surface area contributed by atoms with Crippen LogP contribution in [0.25, 0.3) is 0 Å². The van der Waals surface area contributed by atoms with E-state index in [0.717, 1.165) is 24.1 Å². The molecule has 2 atom stereocenters. The van der Waals surface area contributed by atoms with Crippen LogP contribution in [0.4, 0.5) is 5.69 Å². The molecule has 7 heteroatoms. The number of carbonyl (C=O) groups is 1. The summed E-state index contributed by atoms with van der Waals surface area (Å²) < 4.78 is 33.0. The van der Waals surface area contributed by atoms with Crippen molar-refractivity contribution in [3.05, 3.63) is 59.2 Å². The maximum atomic E-state index is 13.3. The predicted octanol–water partition coefficient (Wildman–Crippen LogP) is 2.64. The first-order valence-electron chi connectivity index (χ1n) is 8.97. The summed E-state index contributed by atoms with van der Waals surface area (Å²) in [4.78, 5) is 12.2. The molecule has 0 spiro atoms. The third-order valence-corrected chi connectivity index (χ3v) is 7.21. The van der Waals surface area contributed by atoms with Crippen molar-refractivity contribution < 1.29 is 17.9 Å². The van der Waals surface area contributed by atoms with Crippen LogP contribution in [0, 0.1) is 12.8 Å². The normalized spacial score (nSPS) is 21.5. The maximum absolute atomic E-state index is 13.3. The number of ether oxygens (including phenoxy) is 1. The molecule has 1 saturated heterocycles. The molecular weight excluding hydrogens is 364 g/mol. The second-order valence-electron chi connectivity index (χ2n) is 7.09. The van der Waals surface area contributed by atoms with Gasteiger partial charge < -0.3 is 10.1 Å². The van der Waals surface area contributed by atoms with Gasteiger partial charge in [-0.2, -0.15) is 0 Å². The van der Waals surface area contributed by atoms with Gasteiger partial charge in [0.1, 0.15) is 0 Å². The number of sulfonamides is 1. The maximum Gasteiger partial charge on any atom is 0.337 e. The summed E-state index contributed by atoms with van der Waals surface area (Å²) in [7, 11) is -2.34. The molecule has 0 bridgehead atoms. The zero-order chi connectivity index (χ0) is 19.2. The zero-order valence-corrected chi connectivity index (χ0v) is 16.1. The molecule has 0 radical (unpaired) electrons. The molecule has 2 aromatic carbocycles. The molecule has 0 amide bonds. The number of anilines is 1. The summed E-state index contributed by atoms with van der Waals surface area (Å²) in [5, 5.41) is 3.44. The second kappa shape index (κ2) is 6.65. The van der Waals surface area contributed by atoms with Gasteiger partial charge in [-0.1, -0.05) is 17.7 Å². The summed E-state index contributed by atoms with van der Waals surface area (Å²) in [6.45, 7) is 3.18. The smallest absolute Gasteiger partial charge is 0.337 e. The minimum Gasteiger partial charge on any atom is -0.465 e. The number of nitrogens with one attached hydrogen (secondary N) is 1.